The topological polar surface area (TPSA) is 15.6 Å². The van der Waals surface area contributed by atoms with Crippen molar-refractivity contribution in [2.24, 2.45) is 4.99 Å². The molecule has 0 fully saturated rings. The van der Waals surface area contributed by atoms with E-state index in [1.807, 2.05) is 45.5 Å². The fraction of sp³-hybridized carbons (Fsp3) is 0.353. The molecule has 104 valence electrons. The summed E-state index contributed by atoms with van der Waals surface area (Å²) in [5.41, 5.74) is 1.18. The third kappa shape index (κ3) is 8.83. The zero-order valence-corrected chi connectivity index (χ0v) is 12.7. The van der Waals surface area contributed by atoms with E-state index >= 15 is 0 Å². The van der Waals surface area contributed by atoms with Crippen LogP contribution in [0.4, 0.5) is 0 Å². The number of likely N-dealkylation sites (N-methyl/N-ethyl adjacent to an activating group) is 1. The zero-order chi connectivity index (χ0) is 14.5. The third-order valence-electron chi connectivity index (χ3n) is 2.57. The molecule has 0 bridgehead atoms. The van der Waals surface area contributed by atoms with Crippen molar-refractivity contribution in [2.75, 3.05) is 14.1 Å². The molecule has 0 heterocycles. The molecule has 0 rings (SSSR count). The lowest BCUT2D eigenvalue weighted by Crippen LogP contribution is -2.25. The molecule has 0 aliphatic rings. The van der Waals surface area contributed by atoms with E-state index in [0.29, 0.717) is 6.04 Å². The quantitative estimate of drug-likeness (QED) is 0.380. The van der Waals surface area contributed by atoms with Gasteiger partial charge in [-0.15, -0.1) is 0 Å². The molecule has 0 saturated heterocycles. The van der Waals surface area contributed by atoms with Crippen LogP contribution in [0.1, 0.15) is 20.8 Å². The average Bonchev–Trinajstić information content (AvgIpc) is 2.40. The van der Waals surface area contributed by atoms with E-state index in [-0.39, 0.29) is 0 Å². The van der Waals surface area contributed by atoms with Crippen LogP contribution in [0, 0.1) is 0 Å². The van der Waals surface area contributed by atoms with E-state index in [1.54, 1.807) is 7.05 Å². The first-order valence-corrected chi connectivity index (χ1v) is 6.60. The molecule has 1 atom stereocenters. The molecule has 0 saturated carbocycles. The minimum Gasteiger partial charge on any atom is -0.360 e. The van der Waals surface area contributed by atoms with Gasteiger partial charge >= 0.3 is 0 Å². The van der Waals surface area contributed by atoms with Crippen LogP contribution in [-0.4, -0.2) is 31.4 Å². The average molecular weight is 258 g/mol. The summed E-state index contributed by atoms with van der Waals surface area (Å²) >= 11 is 0. The highest BCUT2D eigenvalue weighted by molar-refractivity contribution is 5.55. The lowest BCUT2D eigenvalue weighted by molar-refractivity contribution is 0.465. The Balaban J connectivity index is 4.54. The SMILES string of the molecule is C\C=C/C=C(\C=C/C)/C=C/C=C\C(C)N(C)C=NC. The summed E-state index contributed by atoms with van der Waals surface area (Å²) in [7, 11) is 3.80. The van der Waals surface area contributed by atoms with Crippen molar-refractivity contribution < 1.29 is 0 Å². The van der Waals surface area contributed by atoms with Crippen LogP contribution in [0.15, 0.2) is 65.2 Å². The van der Waals surface area contributed by atoms with Crippen molar-refractivity contribution in [3.63, 3.8) is 0 Å². The summed E-state index contributed by atoms with van der Waals surface area (Å²) in [6, 6.07) is 0.332. The van der Waals surface area contributed by atoms with E-state index in [2.05, 4.69) is 53.3 Å². The Morgan fingerprint density at radius 1 is 1.05 bits per heavy atom. The van der Waals surface area contributed by atoms with Crippen LogP contribution in [0.3, 0.4) is 0 Å². The largest absolute Gasteiger partial charge is 0.360 e. The second kappa shape index (κ2) is 11.3. The van der Waals surface area contributed by atoms with Crippen LogP contribution in [0.2, 0.25) is 0 Å². The van der Waals surface area contributed by atoms with Gasteiger partial charge in [-0.05, 0) is 26.3 Å². The minimum atomic E-state index is 0.332. The van der Waals surface area contributed by atoms with Gasteiger partial charge in [-0.2, -0.15) is 0 Å². The Morgan fingerprint density at radius 3 is 2.37 bits per heavy atom. The summed E-state index contributed by atoms with van der Waals surface area (Å²) < 4.78 is 0. The van der Waals surface area contributed by atoms with Gasteiger partial charge in [0.05, 0.1) is 6.34 Å². The number of aliphatic imine (C=N–C) groups is 1. The number of rotatable bonds is 7. The van der Waals surface area contributed by atoms with E-state index in [4.69, 9.17) is 0 Å². The highest BCUT2D eigenvalue weighted by Gasteiger charge is 1.98. The van der Waals surface area contributed by atoms with Crippen molar-refractivity contribution in [3.05, 3.63) is 60.3 Å². The second-order valence-electron chi connectivity index (χ2n) is 4.22. The molecule has 0 spiro atoms. The van der Waals surface area contributed by atoms with Crippen LogP contribution >= 0.6 is 0 Å². The molecule has 19 heavy (non-hydrogen) atoms. The van der Waals surface area contributed by atoms with Gasteiger partial charge in [-0.3, -0.25) is 4.99 Å². The maximum absolute atomic E-state index is 3.99. The molecule has 0 aliphatic heterocycles. The summed E-state index contributed by atoms with van der Waals surface area (Å²) in [6.07, 6.45) is 20.5. The van der Waals surface area contributed by atoms with Crippen LogP contribution in [0.5, 0.6) is 0 Å². The third-order valence-corrected chi connectivity index (χ3v) is 2.57. The molecular formula is C17H26N2. The fourth-order valence-corrected chi connectivity index (χ4v) is 1.38. The Bertz CT molecular complexity index is 395. The van der Waals surface area contributed by atoms with Gasteiger partial charge in [0.1, 0.15) is 0 Å². The van der Waals surface area contributed by atoms with Crippen molar-refractivity contribution in [3.8, 4) is 0 Å². The van der Waals surface area contributed by atoms with E-state index in [1.165, 1.54) is 5.57 Å². The minimum absolute atomic E-state index is 0.332. The summed E-state index contributed by atoms with van der Waals surface area (Å²) in [5, 5.41) is 0. The predicted molar refractivity (Wildman–Crippen MR) is 87.6 cm³/mol. The normalized spacial score (nSPS) is 15.7. The molecule has 0 aromatic heterocycles. The number of hydrogen-bond donors (Lipinski definition) is 0. The smallest absolute Gasteiger partial charge is 0.0848 e. The van der Waals surface area contributed by atoms with Crippen molar-refractivity contribution >= 4 is 6.34 Å². The Kier molecular flexibility index (Phi) is 10.2. The lowest BCUT2D eigenvalue weighted by atomic mass is 10.2. The Labute approximate surface area is 118 Å². The summed E-state index contributed by atoms with van der Waals surface area (Å²) in [6.45, 7) is 6.17. The molecule has 0 radical (unpaired) electrons. The van der Waals surface area contributed by atoms with Crippen molar-refractivity contribution in [2.45, 2.75) is 26.8 Å². The molecule has 2 nitrogen and oxygen atoms in total. The molecule has 1 unspecified atom stereocenters. The van der Waals surface area contributed by atoms with Gasteiger partial charge in [0.25, 0.3) is 0 Å². The number of nitrogens with zero attached hydrogens (tertiary/aromatic N) is 2. The number of allylic oxidation sites excluding steroid dienone is 9. The summed E-state index contributed by atoms with van der Waals surface area (Å²) in [4.78, 5) is 6.06. The van der Waals surface area contributed by atoms with Gasteiger partial charge in [0.2, 0.25) is 0 Å². The maximum atomic E-state index is 3.99. The summed E-state index contributed by atoms with van der Waals surface area (Å²) in [5.74, 6) is 0. The molecular weight excluding hydrogens is 232 g/mol. The van der Waals surface area contributed by atoms with Gasteiger partial charge in [0.15, 0.2) is 0 Å². The first kappa shape index (κ1) is 17.2. The van der Waals surface area contributed by atoms with Crippen LogP contribution < -0.4 is 0 Å². The molecule has 0 aliphatic carbocycles. The standard InChI is InChI=1S/C17H26N2/c1-6-8-13-17(11-7-2)14-10-9-12-16(3)19(5)15-18-4/h6-16H,1-5H3/b8-6-,11-7-,12-9-,14-10+,17-13+,18-15?. The van der Waals surface area contributed by atoms with Crippen molar-refractivity contribution in [1.29, 1.82) is 0 Å². The molecule has 0 N–H and O–H groups in total. The van der Waals surface area contributed by atoms with Gasteiger partial charge in [-0.1, -0.05) is 54.7 Å². The Hall–Kier alpha value is -1.83. The highest BCUT2D eigenvalue weighted by atomic mass is 15.1. The van der Waals surface area contributed by atoms with Gasteiger partial charge in [-0.25, -0.2) is 0 Å². The molecule has 2 heteroatoms. The van der Waals surface area contributed by atoms with Crippen molar-refractivity contribution in [1.82, 2.24) is 4.90 Å². The first-order chi connectivity index (χ1) is 9.15. The van der Waals surface area contributed by atoms with E-state index in [9.17, 15) is 0 Å². The van der Waals surface area contributed by atoms with Gasteiger partial charge in [0, 0.05) is 20.1 Å². The molecule has 0 aromatic rings. The maximum Gasteiger partial charge on any atom is 0.0848 e. The first-order valence-electron chi connectivity index (χ1n) is 6.60. The highest BCUT2D eigenvalue weighted by Crippen LogP contribution is 2.01. The van der Waals surface area contributed by atoms with Crippen LogP contribution in [0.25, 0.3) is 0 Å². The van der Waals surface area contributed by atoms with E-state index < -0.39 is 0 Å². The second-order valence-corrected chi connectivity index (χ2v) is 4.22. The van der Waals surface area contributed by atoms with Gasteiger partial charge < -0.3 is 4.90 Å². The molecule has 0 amide bonds. The lowest BCUT2D eigenvalue weighted by Gasteiger charge is -2.18. The Morgan fingerprint density at radius 2 is 1.79 bits per heavy atom. The van der Waals surface area contributed by atoms with Crippen LogP contribution in [-0.2, 0) is 0 Å². The predicted octanol–water partition coefficient (Wildman–Crippen LogP) is 4.16. The molecule has 0 aromatic carbocycles. The zero-order valence-electron chi connectivity index (χ0n) is 12.7. The van der Waals surface area contributed by atoms with E-state index in [0.717, 1.165) is 0 Å². The fourth-order valence-electron chi connectivity index (χ4n) is 1.38. The number of hydrogen-bond acceptors (Lipinski definition) is 1. The monoisotopic (exact) mass is 258 g/mol.